The Kier molecular flexibility index (Phi) is 53.9. The van der Waals surface area contributed by atoms with E-state index in [4.69, 9.17) is 0 Å². The van der Waals surface area contributed by atoms with Gasteiger partial charge in [0.25, 0.3) is 0 Å². The fourth-order valence-electron chi connectivity index (χ4n) is 10.8. The normalized spacial score (nSPS) is 12.2. The summed E-state index contributed by atoms with van der Waals surface area (Å²) in [7, 11) is 0. The van der Waals surface area contributed by atoms with Crippen molar-refractivity contribution < 1.29 is 21.2 Å². The Morgan fingerprint density at radius 1 is 0.293 bits per heavy atom. The van der Waals surface area contributed by atoms with Crippen LogP contribution in [-0.4, -0.2) is 4.70 Å². The molecule has 2 aromatic rings. The van der Waals surface area contributed by atoms with Gasteiger partial charge in [-0.3, -0.25) is 0 Å². The summed E-state index contributed by atoms with van der Waals surface area (Å²) in [6.07, 6.45) is 66.9. The van der Waals surface area contributed by atoms with Crippen LogP contribution in [0, 0.1) is 27.7 Å². The van der Waals surface area contributed by atoms with Crippen molar-refractivity contribution in [1.82, 2.24) is 0 Å². The topological polar surface area (TPSA) is 25.3 Å². The summed E-state index contributed by atoms with van der Waals surface area (Å²) in [6, 6.07) is 17.1. The van der Waals surface area contributed by atoms with E-state index in [2.05, 4.69) is 104 Å². The van der Waals surface area contributed by atoms with Crippen LogP contribution in [0.2, 0.25) is 0 Å². The van der Waals surface area contributed by atoms with E-state index < -0.39 is 0 Å². The van der Waals surface area contributed by atoms with E-state index >= 15 is 0 Å². The molecule has 75 heavy (non-hydrogen) atoms. The van der Waals surface area contributed by atoms with Crippen molar-refractivity contribution in [3.8, 4) is 0 Å². The van der Waals surface area contributed by atoms with Gasteiger partial charge in [0.2, 0.25) is 11.4 Å². The van der Waals surface area contributed by atoms with E-state index in [-0.39, 0.29) is 16.5 Å². The molecule has 1 aliphatic rings. The van der Waals surface area contributed by atoms with Crippen molar-refractivity contribution >= 4 is 11.4 Å². The Balaban J connectivity index is 0.00000111. The van der Waals surface area contributed by atoms with Crippen LogP contribution in [0.3, 0.4) is 0 Å². The van der Waals surface area contributed by atoms with Crippen molar-refractivity contribution in [2.24, 2.45) is 0 Å². The fourth-order valence-corrected chi connectivity index (χ4v) is 10.8. The molecule has 0 fully saturated rings. The monoisotopic (exact) mass is 1080 g/mol. The standard InChI is InChI=1S/C28H36N2.2C22H45.Ni/c1-5-7-9-10-12-26-25(11-8-6-2)27(23-17-13-21(3)14-18-23)30(29)28(26)24-19-15-22(4)16-20-24;2*1-3-5-7-9-11-13-15-17-19-21-22-20-18-16-14-12-10-8-6-4-2;/h13-20H,5-12H2,1-4H3;2*1,3-22H2,2H3;/q;2*-1;+2. The first-order chi connectivity index (χ1) is 36.4. The smallest absolute Gasteiger partial charge is 0.493 e. The van der Waals surface area contributed by atoms with E-state index in [0.29, 0.717) is 0 Å². The van der Waals surface area contributed by atoms with Crippen LogP contribution in [0.25, 0.3) is 16.9 Å². The van der Waals surface area contributed by atoms with E-state index in [0.717, 1.165) is 61.0 Å². The second-order valence-electron chi connectivity index (χ2n) is 23.0. The van der Waals surface area contributed by atoms with Crippen LogP contribution in [0.1, 0.15) is 358 Å². The Morgan fingerprint density at radius 2 is 0.493 bits per heavy atom. The summed E-state index contributed by atoms with van der Waals surface area (Å²) in [4.78, 5) is 0. The molecule has 0 aliphatic carbocycles. The van der Waals surface area contributed by atoms with Gasteiger partial charge >= 0.3 is 16.5 Å². The van der Waals surface area contributed by atoms with Gasteiger partial charge in [-0.25, -0.2) is 4.70 Å². The average Bonchev–Trinajstić information content (AvgIpc) is 3.68. The summed E-state index contributed by atoms with van der Waals surface area (Å²) in [5.74, 6) is 0. The van der Waals surface area contributed by atoms with Gasteiger partial charge in [-0.05, 0) is 63.8 Å². The van der Waals surface area contributed by atoms with E-state index in [1.54, 1.807) is 0 Å². The summed E-state index contributed by atoms with van der Waals surface area (Å²) < 4.78 is 1.48. The molecular weight excluding hydrogens is 951 g/mol. The maximum atomic E-state index is 11.5. The Morgan fingerprint density at radius 3 is 0.720 bits per heavy atom. The zero-order chi connectivity index (χ0) is 53.8. The van der Waals surface area contributed by atoms with Crippen molar-refractivity contribution in [3.05, 3.63) is 101 Å². The number of unbranched alkanes of at least 4 members (excludes halogenated alkanes) is 42. The summed E-state index contributed by atoms with van der Waals surface area (Å²) in [5, 5.41) is 0. The molecule has 3 heteroatoms. The second-order valence-corrected chi connectivity index (χ2v) is 23.0. The molecule has 0 aromatic heterocycles. The van der Waals surface area contributed by atoms with Crippen LogP contribution in [0.4, 0.5) is 0 Å². The van der Waals surface area contributed by atoms with Crippen molar-refractivity contribution in [3.63, 3.8) is 0 Å². The van der Waals surface area contributed by atoms with E-state index in [1.165, 1.54) is 297 Å². The number of hydrogen-bond donors (Lipinski definition) is 0. The van der Waals surface area contributed by atoms with Gasteiger partial charge in [0.05, 0.1) is 0 Å². The van der Waals surface area contributed by atoms with E-state index in [9.17, 15) is 5.53 Å². The minimum Gasteiger partial charge on any atom is -0.493 e. The molecule has 3 rings (SSSR count). The summed E-state index contributed by atoms with van der Waals surface area (Å²) in [6.45, 7) is 21.1. The molecule has 0 saturated carbocycles. The summed E-state index contributed by atoms with van der Waals surface area (Å²) in [5.41, 5.74) is 20.8. The zero-order valence-electron chi connectivity index (χ0n) is 51.2. The molecule has 0 saturated heterocycles. The minimum absolute atomic E-state index is 0. The predicted octanol–water partition coefficient (Wildman–Crippen LogP) is 25.9. The molecule has 1 heterocycles. The third kappa shape index (κ3) is 39.9. The molecule has 0 unspecified atom stereocenters. The third-order valence-corrected chi connectivity index (χ3v) is 15.8. The van der Waals surface area contributed by atoms with E-state index in [1.807, 2.05) is 0 Å². The van der Waals surface area contributed by atoms with Gasteiger partial charge < -0.3 is 19.4 Å². The molecule has 0 N–H and O–H groups in total. The van der Waals surface area contributed by atoms with Crippen molar-refractivity contribution in [2.75, 3.05) is 0 Å². The molecule has 0 atom stereocenters. The third-order valence-electron chi connectivity index (χ3n) is 15.8. The molecule has 0 spiro atoms. The van der Waals surface area contributed by atoms with Gasteiger partial charge in [0, 0.05) is 22.3 Å². The minimum atomic E-state index is 0. The maximum Gasteiger partial charge on any atom is 2.00 e. The second kappa shape index (κ2) is 55.3. The maximum absolute atomic E-state index is 11.5. The number of aryl methyl sites for hydroxylation is 2. The fraction of sp³-hybridized carbons (Fsp3) is 0.750. The van der Waals surface area contributed by atoms with Crippen molar-refractivity contribution in [2.45, 2.75) is 350 Å². The van der Waals surface area contributed by atoms with Gasteiger partial charge in [-0.1, -0.05) is 333 Å². The molecule has 1 aliphatic heterocycles. The number of benzene rings is 2. The molecule has 2 aromatic carbocycles. The quantitative estimate of drug-likeness (QED) is 0.0273. The number of hydrogen-bond acceptors (Lipinski definition) is 0. The van der Waals surface area contributed by atoms with Gasteiger partial charge in [-0.15, -0.1) is 0 Å². The first-order valence-electron chi connectivity index (χ1n) is 33.1. The van der Waals surface area contributed by atoms with Gasteiger partial charge in [0.1, 0.15) is 0 Å². The van der Waals surface area contributed by atoms with Gasteiger partial charge in [0.15, 0.2) is 0 Å². The predicted molar refractivity (Wildman–Crippen MR) is 335 cm³/mol. The largest absolute Gasteiger partial charge is 2.00 e. The van der Waals surface area contributed by atoms with Crippen LogP contribution in [0.5, 0.6) is 0 Å². The molecular formula is C72H126N2Ni. The molecule has 0 bridgehead atoms. The summed E-state index contributed by atoms with van der Waals surface area (Å²) >= 11 is 0. The average molecular weight is 1080 g/mol. The van der Waals surface area contributed by atoms with Crippen molar-refractivity contribution in [1.29, 1.82) is 0 Å². The van der Waals surface area contributed by atoms with Crippen LogP contribution in [-0.2, 0) is 16.5 Å². The molecule has 2 nitrogen and oxygen atoms in total. The number of rotatable bonds is 48. The molecule has 0 amide bonds. The molecule has 434 valence electrons. The molecule has 0 radical (unpaired) electrons. The SMILES string of the molecule is CCCCCCC1=C(c2ccc(C)cc2)[N+](=[N-])C(c2ccc(C)cc2)=C1CCCC.[CH2-]CCCCCCCCCCCCCCCCCCCCC.[CH2-]CCCCCCCCCCCCCCCCCCCCC.[Ni+2]. The first-order valence-corrected chi connectivity index (χ1v) is 33.1. The van der Waals surface area contributed by atoms with Gasteiger partial charge in [-0.2, -0.15) is 12.8 Å². The Hall–Kier alpha value is -1.99. The number of nitrogens with zero attached hydrogens (tertiary/aromatic N) is 2. The first kappa shape index (κ1) is 73.0. The Labute approximate surface area is 481 Å². The Bertz CT molecular complexity index is 1500. The number of allylic oxidation sites excluding steroid dienone is 2. The van der Waals surface area contributed by atoms with Crippen LogP contribution < -0.4 is 0 Å². The zero-order valence-corrected chi connectivity index (χ0v) is 52.2. The van der Waals surface area contributed by atoms with Crippen LogP contribution in [0.15, 0.2) is 59.7 Å². The van der Waals surface area contributed by atoms with Crippen LogP contribution >= 0.6 is 0 Å².